The molecule has 0 saturated heterocycles. The Bertz CT molecular complexity index is 311. The van der Waals surface area contributed by atoms with Crippen LogP contribution in [-0.4, -0.2) is 4.98 Å². The lowest BCUT2D eigenvalue weighted by Gasteiger charge is -2.08. The van der Waals surface area contributed by atoms with Crippen molar-refractivity contribution in [2.24, 2.45) is 0 Å². The summed E-state index contributed by atoms with van der Waals surface area (Å²) in [4.78, 5) is 4.16. The van der Waals surface area contributed by atoms with Crippen molar-refractivity contribution < 1.29 is 4.42 Å². The van der Waals surface area contributed by atoms with Gasteiger partial charge >= 0.3 is 0 Å². The molecule has 0 aliphatic carbocycles. The average molecular weight is 164 g/mol. The summed E-state index contributed by atoms with van der Waals surface area (Å²) in [5, 5.41) is 8.80. The molecule has 1 rings (SSSR count). The lowest BCUT2D eigenvalue weighted by atomic mass is 9.96. The van der Waals surface area contributed by atoms with E-state index in [1.54, 1.807) is 13.8 Å². The third kappa shape index (κ3) is 1.33. The minimum Gasteiger partial charge on any atom is -0.444 e. The van der Waals surface area contributed by atoms with E-state index in [-0.39, 0.29) is 0 Å². The largest absolute Gasteiger partial charge is 0.444 e. The second-order valence-electron chi connectivity index (χ2n) is 3.40. The Balaban J connectivity index is 3.14. The van der Waals surface area contributed by atoms with Gasteiger partial charge in [-0.3, -0.25) is 0 Å². The molecule has 0 aromatic carbocycles. The van der Waals surface area contributed by atoms with Gasteiger partial charge in [0.2, 0.25) is 5.89 Å². The Hall–Kier alpha value is -1.30. The maximum atomic E-state index is 8.80. The van der Waals surface area contributed by atoms with Gasteiger partial charge in [-0.05, 0) is 27.7 Å². The molecule has 3 nitrogen and oxygen atoms in total. The molecule has 0 amide bonds. The Morgan fingerprint density at radius 2 is 2.00 bits per heavy atom. The molecule has 3 heteroatoms. The van der Waals surface area contributed by atoms with E-state index in [2.05, 4.69) is 11.1 Å². The first kappa shape index (κ1) is 8.79. The summed E-state index contributed by atoms with van der Waals surface area (Å²) in [6.45, 7) is 7.30. The standard InChI is InChI=1S/C9H12N2O/c1-6-7(2)12-8(11-6)9(3,4)5-10/h1-4H3. The molecular weight excluding hydrogens is 152 g/mol. The molecule has 0 spiro atoms. The first-order valence-corrected chi connectivity index (χ1v) is 3.83. The van der Waals surface area contributed by atoms with Crippen LogP contribution in [0.15, 0.2) is 4.42 Å². The van der Waals surface area contributed by atoms with Crippen LogP contribution in [0, 0.1) is 25.2 Å². The van der Waals surface area contributed by atoms with Crippen LogP contribution in [0.3, 0.4) is 0 Å². The highest BCUT2D eigenvalue weighted by Gasteiger charge is 2.26. The van der Waals surface area contributed by atoms with Crippen LogP contribution >= 0.6 is 0 Å². The lowest BCUT2D eigenvalue weighted by Crippen LogP contribution is -2.14. The van der Waals surface area contributed by atoms with E-state index in [1.165, 1.54) is 0 Å². The molecule has 0 N–H and O–H groups in total. The van der Waals surface area contributed by atoms with Crippen molar-refractivity contribution in [1.29, 1.82) is 5.26 Å². The van der Waals surface area contributed by atoms with Gasteiger partial charge in [0.25, 0.3) is 0 Å². The second-order valence-corrected chi connectivity index (χ2v) is 3.40. The van der Waals surface area contributed by atoms with E-state index < -0.39 is 5.41 Å². The topological polar surface area (TPSA) is 49.8 Å². The molecule has 0 radical (unpaired) electrons. The fourth-order valence-electron chi connectivity index (χ4n) is 0.788. The number of hydrogen-bond acceptors (Lipinski definition) is 3. The van der Waals surface area contributed by atoms with Gasteiger partial charge in [-0.15, -0.1) is 0 Å². The van der Waals surface area contributed by atoms with E-state index >= 15 is 0 Å². The molecule has 0 atom stereocenters. The Kier molecular flexibility index (Phi) is 1.93. The molecule has 1 aromatic rings. The second kappa shape index (κ2) is 2.63. The highest BCUT2D eigenvalue weighted by atomic mass is 16.4. The van der Waals surface area contributed by atoms with Gasteiger partial charge in [-0.25, -0.2) is 4.98 Å². The summed E-state index contributed by atoms with van der Waals surface area (Å²) >= 11 is 0. The van der Waals surface area contributed by atoms with Gasteiger partial charge < -0.3 is 4.42 Å². The van der Waals surface area contributed by atoms with Crippen molar-refractivity contribution in [2.75, 3.05) is 0 Å². The van der Waals surface area contributed by atoms with Crippen LogP contribution in [0.25, 0.3) is 0 Å². The molecule has 0 aliphatic heterocycles. The molecule has 0 unspecified atom stereocenters. The zero-order valence-electron chi connectivity index (χ0n) is 7.80. The van der Waals surface area contributed by atoms with Crippen LogP contribution in [0.4, 0.5) is 0 Å². The summed E-state index contributed by atoms with van der Waals surface area (Å²) in [5.74, 6) is 1.29. The minimum absolute atomic E-state index is 0.500. The fourth-order valence-corrected chi connectivity index (χ4v) is 0.788. The van der Waals surface area contributed by atoms with Crippen LogP contribution in [-0.2, 0) is 5.41 Å². The van der Waals surface area contributed by atoms with Gasteiger partial charge in [0.1, 0.15) is 11.2 Å². The quantitative estimate of drug-likeness (QED) is 0.638. The first-order valence-electron chi connectivity index (χ1n) is 3.83. The number of aromatic nitrogens is 1. The van der Waals surface area contributed by atoms with Gasteiger partial charge in [-0.2, -0.15) is 5.26 Å². The van der Waals surface area contributed by atoms with Crippen molar-refractivity contribution in [3.8, 4) is 6.07 Å². The van der Waals surface area contributed by atoms with Crippen LogP contribution in [0.2, 0.25) is 0 Å². The van der Waals surface area contributed by atoms with E-state index in [9.17, 15) is 0 Å². The molecule has 1 heterocycles. The monoisotopic (exact) mass is 164 g/mol. The molecule has 1 aromatic heterocycles. The molecule has 64 valence electrons. The third-order valence-electron chi connectivity index (χ3n) is 1.84. The van der Waals surface area contributed by atoms with E-state index in [0.717, 1.165) is 11.5 Å². The van der Waals surface area contributed by atoms with Crippen LogP contribution in [0.5, 0.6) is 0 Å². The maximum Gasteiger partial charge on any atom is 0.214 e. The number of aryl methyl sites for hydroxylation is 2. The van der Waals surface area contributed by atoms with Crippen molar-refractivity contribution in [1.82, 2.24) is 4.98 Å². The van der Waals surface area contributed by atoms with Crippen molar-refractivity contribution >= 4 is 0 Å². The SMILES string of the molecule is Cc1nc(C(C)(C)C#N)oc1C. The predicted octanol–water partition coefficient (Wildman–Crippen LogP) is 2.09. The van der Waals surface area contributed by atoms with Gasteiger partial charge in [-0.1, -0.05) is 0 Å². The highest BCUT2D eigenvalue weighted by Crippen LogP contribution is 2.22. The Labute approximate surface area is 72.0 Å². The Morgan fingerprint density at radius 1 is 1.42 bits per heavy atom. The van der Waals surface area contributed by atoms with Crippen molar-refractivity contribution in [3.05, 3.63) is 17.3 Å². The van der Waals surface area contributed by atoms with Crippen molar-refractivity contribution in [3.63, 3.8) is 0 Å². The van der Waals surface area contributed by atoms with Gasteiger partial charge in [0.15, 0.2) is 0 Å². The summed E-state index contributed by atoms with van der Waals surface area (Å²) in [5.41, 5.74) is 0.229. The van der Waals surface area contributed by atoms with E-state index in [1.807, 2.05) is 13.8 Å². The molecule has 12 heavy (non-hydrogen) atoms. The predicted molar refractivity (Wildman–Crippen MR) is 44.6 cm³/mol. The molecule has 0 aliphatic rings. The average Bonchev–Trinajstić information content (AvgIpc) is 2.33. The zero-order valence-corrected chi connectivity index (χ0v) is 7.80. The zero-order chi connectivity index (χ0) is 9.35. The van der Waals surface area contributed by atoms with Gasteiger partial charge in [0, 0.05) is 0 Å². The fraction of sp³-hybridized carbons (Fsp3) is 0.556. The number of hydrogen-bond donors (Lipinski definition) is 0. The highest BCUT2D eigenvalue weighted by molar-refractivity contribution is 5.18. The summed E-state index contributed by atoms with van der Waals surface area (Å²) in [6, 6.07) is 2.14. The molecule has 0 bridgehead atoms. The number of nitrogens with zero attached hydrogens (tertiary/aromatic N) is 2. The Morgan fingerprint density at radius 3 is 2.33 bits per heavy atom. The van der Waals surface area contributed by atoms with Crippen molar-refractivity contribution in [2.45, 2.75) is 33.1 Å². The summed E-state index contributed by atoms with van der Waals surface area (Å²) in [7, 11) is 0. The summed E-state index contributed by atoms with van der Waals surface area (Å²) < 4.78 is 5.34. The molecule has 0 fully saturated rings. The third-order valence-corrected chi connectivity index (χ3v) is 1.84. The lowest BCUT2D eigenvalue weighted by molar-refractivity contribution is 0.411. The maximum absolute atomic E-state index is 8.80. The molecular formula is C9H12N2O. The molecule has 0 saturated carbocycles. The van der Waals surface area contributed by atoms with E-state index in [0.29, 0.717) is 5.89 Å². The normalized spacial score (nSPS) is 11.2. The van der Waals surface area contributed by atoms with E-state index in [4.69, 9.17) is 9.68 Å². The van der Waals surface area contributed by atoms with Gasteiger partial charge in [0.05, 0.1) is 11.8 Å². The number of nitriles is 1. The van der Waals surface area contributed by atoms with Crippen LogP contribution < -0.4 is 0 Å². The number of oxazole rings is 1. The van der Waals surface area contributed by atoms with Crippen LogP contribution in [0.1, 0.15) is 31.2 Å². The summed E-state index contributed by atoms with van der Waals surface area (Å²) in [6.07, 6.45) is 0. The first-order chi connectivity index (χ1) is 5.47. The number of rotatable bonds is 1. The smallest absolute Gasteiger partial charge is 0.214 e. The minimum atomic E-state index is -0.626.